The molecule has 1 unspecified atom stereocenters. The van der Waals surface area contributed by atoms with E-state index < -0.39 is 17.4 Å². The first-order valence-corrected chi connectivity index (χ1v) is 6.67. The average molecular weight is 305 g/mol. The average Bonchev–Trinajstić information content (AvgIpc) is 2.47. The molecule has 5 heteroatoms. The molecule has 2 rings (SSSR count). The highest BCUT2D eigenvalue weighted by Crippen LogP contribution is 2.41. The Morgan fingerprint density at radius 2 is 1.59 bits per heavy atom. The standard InChI is InChI=1S/C17H14BF4/c1-3-12-7-9-14(10-8-12)18-15-6-4-5-13(11-15)16(2,19)17(20,21)22/h3-11H,1H2,2H3/q-1. The van der Waals surface area contributed by atoms with Gasteiger partial charge in [-0.15, -0.1) is 18.2 Å². The fourth-order valence-corrected chi connectivity index (χ4v) is 2.00. The van der Waals surface area contributed by atoms with E-state index in [-0.39, 0.29) is 0 Å². The molecule has 0 amide bonds. The summed E-state index contributed by atoms with van der Waals surface area (Å²) in [6.45, 7) is 4.18. The molecule has 0 aliphatic carbocycles. The van der Waals surface area contributed by atoms with Crippen molar-refractivity contribution in [3.8, 4) is 0 Å². The lowest BCUT2D eigenvalue weighted by Gasteiger charge is -2.26. The van der Waals surface area contributed by atoms with Crippen molar-refractivity contribution < 1.29 is 17.6 Å². The lowest BCUT2D eigenvalue weighted by molar-refractivity contribution is -0.228. The molecule has 0 fully saturated rings. The Labute approximate surface area is 127 Å². The minimum absolute atomic E-state index is 0.406. The summed E-state index contributed by atoms with van der Waals surface area (Å²) in [5.74, 6) is 0. The van der Waals surface area contributed by atoms with Crippen LogP contribution in [0.25, 0.3) is 6.08 Å². The Kier molecular flexibility index (Phi) is 4.45. The van der Waals surface area contributed by atoms with Crippen LogP contribution in [0, 0.1) is 0 Å². The zero-order valence-corrected chi connectivity index (χ0v) is 12.0. The van der Waals surface area contributed by atoms with Gasteiger partial charge in [-0.3, -0.25) is 18.2 Å². The van der Waals surface area contributed by atoms with E-state index in [1.807, 2.05) is 24.3 Å². The summed E-state index contributed by atoms with van der Waals surface area (Å²) in [5.41, 5.74) is -1.51. The van der Waals surface area contributed by atoms with Crippen molar-refractivity contribution in [3.63, 3.8) is 0 Å². The van der Waals surface area contributed by atoms with Gasteiger partial charge in [0, 0.05) is 0 Å². The fraction of sp³-hybridized carbons (Fsp3) is 0.176. The van der Waals surface area contributed by atoms with E-state index >= 15 is 0 Å². The highest BCUT2D eigenvalue weighted by molar-refractivity contribution is 6.67. The highest BCUT2D eigenvalue weighted by atomic mass is 19.4. The second-order valence-electron chi connectivity index (χ2n) is 5.14. The van der Waals surface area contributed by atoms with Crippen LogP contribution >= 0.6 is 0 Å². The van der Waals surface area contributed by atoms with Gasteiger partial charge in [0.15, 0.2) is 0 Å². The van der Waals surface area contributed by atoms with Gasteiger partial charge >= 0.3 is 6.18 Å². The van der Waals surface area contributed by atoms with Crippen LogP contribution in [-0.2, 0) is 5.67 Å². The van der Waals surface area contributed by atoms with E-state index in [1.165, 1.54) is 12.1 Å². The van der Waals surface area contributed by atoms with Crippen LogP contribution in [0.15, 0.2) is 55.1 Å². The molecule has 0 aromatic heterocycles. The molecule has 2 radical (unpaired) electrons. The Morgan fingerprint density at radius 3 is 2.14 bits per heavy atom. The van der Waals surface area contributed by atoms with Crippen molar-refractivity contribution in [1.29, 1.82) is 0 Å². The molecule has 0 aliphatic rings. The SMILES string of the molecule is C=Cc1ccc([B-]c2cccc(C(C)(F)C(F)(F)F)c2)cc1. The smallest absolute Gasteiger partial charge is 0.275 e. The largest absolute Gasteiger partial charge is 0.426 e. The fourth-order valence-electron chi connectivity index (χ4n) is 2.00. The van der Waals surface area contributed by atoms with E-state index in [4.69, 9.17) is 0 Å². The monoisotopic (exact) mass is 305 g/mol. The molecule has 0 spiro atoms. The molecule has 114 valence electrons. The summed E-state index contributed by atoms with van der Waals surface area (Å²) in [7, 11) is 1.70. The van der Waals surface area contributed by atoms with Gasteiger partial charge in [-0.05, 0) is 18.1 Å². The lowest BCUT2D eigenvalue weighted by atomic mass is 9.63. The van der Waals surface area contributed by atoms with E-state index in [0.717, 1.165) is 17.1 Å². The second-order valence-corrected chi connectivity index (χ2v) is 5.14. The van der Waals surface area contributed by atoms with Gasteiger partial charge < -0.3 is 0 Å². The van der Waals surface area contributed by atoms with Crippen molar-refractivity contribution >= 4 is 24.3 Å². The molecule has 2 aromatic carbocycles. The summed E-state index contributed by atoms with van der Waals surface area (Å²) in [4.78, 5) is 0. The van der Waals surface area contributed by atoms with Gasteiger partial charge in [-0.25, -0.2) is 4.39 Å². The third kappa shape index (κ3) is 3.41. The van der Waals surface area contributed by atoms with Crippen LogP contribution < -0.4 is 10.9 Å². The summed E-state index contributed by atoms with van der Waals surface area (Å²) >= 11 is 0. The van der Waals surface area contributed by atoms with Crippen LogP contribution in [0.2, 0.25) is 0 Å². The van der Waals surface area contributed by atoms with Crippen molar-refractivity contribution in [3.05, 3.63) is 66.2 Å². The molecule has 1 atom stereocenters. The van der Waals surface area contributed by atoms with Crippen molar-refractivity contribution in [2.45, 2.75) is 18.8 Å². The number of hydrogen-bond donors (Lipinski definition) is 0. The van der Waals surface area contributed by atoms with Gasteiger partial charge in [0.05, 0.1) is 0 Å². The molecule has 0 aliphatic heterocycles. The van der Waals surface area contributed by atoms with E-state index in [9.17, 15) is 17.6 Å². The summed E-state index contributed by atoms with van der Waals surface area (Å²) in [6, 6.07) is 12.8. The van der Waals surface area contributed by atoms with Crippen molar-refractivity contribution in [1.82, 2.24) is 0 Å². The van der Waals surface area contributed by atoms with Gasteiger partial charge in [-0.2, -0.15) is 13.2 Å². The third-order valence-electron chi connectivity index (χ3n) is 3.47. The first kappa shape index (κ1) is 16.3. The van der Waals surface area contributed by atoms with Crippen LogP contribution in [-0.4, -0.2) is 13.5 Å². The molecule has 0 saturated heterocycles. The van der Waals surface area contributed by atoms with Gasteiger partial charge in [0.1, 0.15) is 0 Å². The van der Waals surface area contributed by atoms with Gasteiger partial charge in [0.25, 0.3) is 0 Å². The topological polar surface area (TPSA) is 0 Å². The molecule has 0 saturated carbocycles. The highest BCUT2D eigenvalue weighted by Gasteiger charge is 2.53. The molecule has 0 nitrogen and oxygen atoms in total. The zero-order valence-electron chi connectivity index (χ0n) is 12.0. The molecular weight excluding hydrogens is 291 g/mol. The maximum Gasteiger partial charge on any atom is 0.426 e. The minimum Gasteiger partial charge on any atom is -0.275 e. The Bertz CT molecular complexity index is 657. The molecule has 2 aromatic rings. The van der Waals surface area contributed by atoms with Crippen LogP contribution in [0.1, 0.15) is 18.1 Å². The Morgan fingerprint density at radius 1 is 0.955 bits per heavy atom. The summed E-state index contributed by atoms with van der Waals surface area (Å²) in [5, 5.41) is 0. The molecule has 0 bridgehead atoms. The zero-order chi connectivity index (χ0) is 16.4. The number of alkyl halides is 4. The van der Waals surface area contributed by atoms with E-state index in [2.05, 4.69) is 6.58 Å². The van der Waals surface area contributed by atoms with Crippen molar-refractivity contribution in [2.75, 3.05) is 0 Å². The summed E-state index contributed by atoms with van der Waals surface area (Å²) < 4.78 is 52.3. The van der Waals surface area contributed by atoms with Gasteiger partial charge in [0.2, 0.25) is 5.67 Å². The van der Waals surface area contributed by atoms with E-state index in [0.29, 0.717) is 12.4 Å². The number of rotatable bonds is 4. The Hall–Kier alpha value is -2.04. The first-order valence-electron chi connectivity index (χ1n) is 6.67. The first-order chi connectivity index (χ1) is 10.2. The Balaban J connectivity index is 2.26. The predicted molar refractivity (Wildman–Crippen MR) is 82.5 cm³/mol. The quantitative estimate of drug-likeness (QED) is 0.596. The normalized spacial score (nSPS) is 14.4. The van der Waals surface area contributed by atoms with E-state index in [1.54, 1.807) is 19.4 Å². The maximum absolute atomic E-state index is 14.0. The number of halogens is 4. The van der Waals surface area contributed by atoms with Crippen LogP contribution in [0.3, 0.4) is 0 Å². The van der Waals surface area contributed by atoms with Gasteiger partial charge in [-0.1, -0.05) is 43.0 Å². The third-order valence-corrected chi connectivity index (χ3v) is 3.47. The number of hydrogen-bond acceptors (Lipinski definition) is 0. The van der Waals surface area contributed by atoms with Crippen LogP contribution in [0.5, 0.6) is 0 Å². The molecule has 0 N–H and O–H groups in total. The summed E-state index contributed by atoms with van der Waals surface area (Å²) in [6.07, 6.45) is -3.25. The molecular formula is C17H14BF4-. The molecule has 22 heavy (non-hydrogen) atoms. The lowest BCUT2D eigenvalue weighted by Crippen LogP contribution is -2.36. The number of benzene rings is 2. The van der Waals surface area contributed by atoms with Crippen molar-refractivity contribution in [2.24, 2.45) is 0 Å². The maximum atomic E-state index is 14.0. The molecule has 0 heterocycles. The van der Waals surface area contributed by atoms with Crippen LogP contribution in [0.4, 0.5) is 17.6 Å². The predicted octanol–water partition coefficient (Wildman–Crippen LogP) is 3.73. The second kappa shape index (κ2) is 5.99. The minimum atomic E-state index is -4.95.